The molecule has 2 heterocycles. The lowest BCUT2D eigenvalue weighted by Crippen LogP contribution is -2.26. The van der Waals surface area contributed by atoms with Crippen molar-refractivity contribution < 1.29 is 22.1 Å². The molecular formula is C14H15FN2O4S. The molecule has 1 aromatic carbocycles. The quantitative estimate of drug-likeness (QED) is 0.866. The second-order valence-corrected chi connectivity index (χ2v) is 7.52. The first kappa shape index (κ1) is 15.0. The molecule has 1 aliphatic heterocycles. The molecular weight excluding hydrogens is 311 g/mol. The van der Waals surface area contributed by atoms with Gasteiger partial charge in [0.1, 0.15) is 22.7 Å². The number of nitrogens with zero attached hydrogens (tertiary/aromatic N) is 2. The highest BCUT2D eigenvalue weighted by Crippen LogP contribution is 2.29. The lowest BCUT2D eigenvalue weighted by Gasteiger charge is -2.17. The first-order chi connectivity index (χ1) is 10.3. The van der Waals surface area contributed by atoms with Crippen molar-refractivity contribution in [3.63, 3.8) is 0 Å². The van der Waals surface area contributed by atoms with Crippen molar-refractivity contribution in [3.05, 3.63) is 29.9 Å². The summed E-state index contributed by atoms with van der Waals surface area (Å²) in [5.74, 6) is -0.874. The number of hydrogen-bond donors (Lipinski definition) is 0. The number of rotatable bonds is 3. The third-order valence-corrected chi connectivity index (χ3v) is 5.27. The highest BCUT2D eigenvalue weighted by atomic mass is 32.2. The van der Waals surface area contributed by atoms with Crippen LogP contribution in [0, 0.1) is 5.82 Å². The van der Waals surface area contributed by atoms with Gasteiger partial charge < -0.3 is 9.25 Å². The molecule has 1 aromatic heterocycles. The Kier molecular flexibility index (Phi) is 3.43. The third-order valence-electron chi connectivity index (χ3n) is 3.71. The number of hydrogen-bond acceptors (Lipinski definition) is 6. The lowest BCUT2D eigenvalue weighted by atomic mass is 10.0. The normalized spacial score (nSPS) is 21.9. The van der Waals surface area contributed by atoms with Gasteiger partial charge in [-0.25, -0.2) is 17.8 Å². The summed E-state index contributed by atoms with van der Waals surface area (Å²) in [5.41, 5.74) is 0.0372. The van der Waals surface area contributed by atoms with Crippen LogP contribution in [-0.2, 0) is 20.4 Å². The van der Waals surface area contributed by atoms with Crippen LogP contribution in [0.1, 0.15) is 32.6 Å². The first-order valence-electron chi connectivity index (χ1n) is 6.84. The van der Waals surface area contributed by atoms with Crippen molar-refractivity contribution in [2.45, 2.75) is 38.0 Å². The number of fused-ring (bicyclic) bond motifs is 1. The van der Waals surface area contributed by atoms with Crippen LogP contribution in [-0.4, -0.2) is 24.0 Å². The zero-order valence-electron chi connectivity index (χ0n) is 12.2. The van der Waals surface area contributed by atoms with Crippen molar-refractivity contribution >= 4 is 26.0 Å². The lowest BCUT2D eigenvalue weighted by molar-refractivity contribution is -0.00604. The predicted molar refractivity (Wildman–Crippen MR) is 78.4 cm³/mol. The summed E-state index contributed by atoms with van der Waals surface area (Å²) in [6, 6.07) is 3.84. The molecule has 0 fully saturated rings. The van der Waals surface area contributed by atoms with E-state index in [0.29, 0.717) is 12.0 Å². The van der Waals surface area contributed by atoms with E-state index >= 15 is 0 Å². The van der Waals surface area contributed by atoms with Gasteiger partial charge in [-0.1, -0.05) is 12.1 Å². The molecule has 22 heavy (non-hydrogen) atoms. The summed E-state index contributed by atoms with van der Waals surface area (Å²) in [5, 5.41) is 3.69. The highest BCUT2D eigenvalue weighted by Gasteiger charge is 2.38. The van der Waals surface area contributed by atoms with Gasteiger partial charge in [-0.3, -0.25) is 0 Å². The van der Waals surface area contributed by atoms with Crippen molar-refractivity contribution in [2.75, 3.05) is 0 Å². The van der Waals surface area contributed by atoms with Gasteiger partial charge in [-0.05, 0) is 25.5 Å². The number of aromatic nitrogens is 1. The van der Waals surface area contributed by atoms with Crippen molar-refractivity contribution in [1.29, 1.82) is 0 Å². The van der Waals surface area contributed by atoms with E-state index in [4.69, 9.17) is 9.25 Å². The van der Waals surface area contributed by atoms with Gasteiger partial charge in [0, 0.05) is 12.5 Å². The summed E-state index contributed by atoms with van der Waals surface area (Å²) in [6.07, 6.45) is 0.873. The standard InChI is InChI=1S/C14H15FN2O4S/c1-3-14(2)7-13(17-21-14)22(18,19)8-12-16-10-6-9(15)4-5-11(10)20-12/h4-6H,3,7-8H2,1-2H3. The number of oxime groups is 1. The van der Waals surface area contributed by atoms with Crippen molar-refractivity contribution in [1.82, 2.24) is 4.98 Å². The number of sulfone groups is 1. The molecule has 6 nitrogen and oxygen atoms in total. The fourth-order valence-corrected chi connectivity index (χ4v) is 3.45. The van der Waals surface area contributed by atoms with E-state index in [0.717, 1.165) is 0 Å². The van der Waals surface area contributed by atoms with Crippen LogP contribution in [0.4, 0.5) is 4.39 Å². The molecule has 8 heteroatoms. The Morgan fingerprint density at radius 1 is 1.41 bits per heavy atom. The summed E-state index contributed by atoms with van der Waals surface area (Å²) in [4.78, 5) is 9.21. The highest BCUT2D eigenvalue weighted by molar-refractivity contribution is 8.05. The summed E-state index contributed by atoms with van der Waals surface area (Å²) in [7, 11) is -3.68. The van der Waals surface area contributed by atoms with Crippen LogP contribution >= 0.6 is 0 Å². The van der Waals surface area contributed by atoms with E-state index < -0.39 is 27.0 Å². The van der Waals surface area contributed by atoms with Gasteiger partial charge >= 0.3 is 0 Å². The molecule has 0 saturated carbocycles. The molecule has 0 saturated heterocycles. The van der Waals surface area contributed by atoms with Gasteiger partial charge in [0.05, 0.1) is 0 Å². The summed E-state index contributed by atoms with van der Waals surface area (Å²) in [6.45, 7) is 3.71. The minimum atomic E-state index is -3.68. The van der Waals surface area contributed by atoms with E-state index in [1.54, 1.807) is 6.92 Å². The minimum Gasteiger partial charge on any atom is -0.440 e. The first-order valence-corrected chi connectivity index (χ1v) is 8.49. The average Bonchev–Trinajstić information content (AvgIpc) is 3.02. The molecule has 1 atom stereocenters. The molecule has 0 spiro atoms. The zero-order chi connectivity index (χ0) is 16.0. The molecule has 0 radical (unpaired) electrons. The van der Waals surface area contributed by atoms with Crippen LogP contribution < -0.4 is 0 Å². The van der Waals surface area contributed by atoms with Crippen LogP contribution in [0.15, 0.2) is 27.8 Å². The smallest absolute Gasteiger partial charge is 0.211 e. The Balaban J connectivity index is 1.85. The van der Waals surface area contributed by atoms with Gasteiger partial charge in [0.25, 0.3) is 0 Å². The maximum absolute atomic E-state index is 13.1. The summed E-state index contributed by atoms with van der Waals surface area (Å²) < 4.78 is 43.2. The van der Waals surface area contributed by atoms with Crippen LogP contribution in [0.5, 0.6) is 0 Å². The molecule has 118 valence electrons. The van der Waals surface area contributed by atoms with Crippen LogP contribution in [0.3, 0.4) is 0 Å². The fourth-order valence-electron chi connectivity index (χ4n) is 2.16. The molecule has 0 aliphatic carbocycles. The van der Waals surface area contributed by atoms with E-state index in [9.17, 15) is 12.8 Å². The predicted octanol–water partition coefficient (Wildman–Crippen LogP) is 2.78. The van der Waals surface area contributed by atoms with Gasteiger partial charge in [-0.15, -0.1) is 0 Å². The van der Waals surface area contributed by atoms with E-state index in [2.05, 4.69) is 10.1 Å². The maximum Gasteiger partial charge on any atom is 0.211 e. The molecule has 0 bridgehead atoms. The number of benzene rings is 1. The topological polar surface area (TPSA) is 81.8 Å². The largest absolute Gasteiger partial charge is 0.440 e. The molecule has 3 rings (SSSR count). The van der Waals surface area contributed by atoms with Crippen molar-refractivity contribution in [2.24, 2.45) is 5.16 Å². The molecule has 1 aliphatic rings. The van der Waals surface area contributed by atoms with Crippen molar-refractivity contribution in [3.8, 4) is 0 Å². The van der Waals surface area contributed by atoms with E-state index in [1.165, 1.54) is 18.2 Å². The Morgan fingerprint density at radius 3 is 2.86 bits per heavy atom. The third kappa shape index (κ3) is 2.70. The van der Waals surface area contributed by atoms with Gasteiger partial charge in [0.2, 0.25) is 15.7 Å². The Labute approximate surface area is 126 Å². The van der Waals surface area contributed by atoms with Gasteiger partial charge in [-0.2, -0.15) is 0 Å². The fraction of sp³-hybridized carbons (Fsp3) is 0.429. The monoisotopic (exact) mass is 326 g/mol. The minimum absolute atomic E-state index is 0.00778. The number of halogens is 1. The molecule has 0 amide bonds. The zero-order valence-corrected chi connectivity index (χ0v) is 13.0. The Morgan fingerprint density at radius 2 is 2.18 bits per heavy atom. The average molecular weight is 326 g/mol. The molecule has 0 N–H and O–H groups in total. The molecule has 2 aromatic rings. The van der Waals surface area contributed by atoms with E-state index in [-0.39, 0.29) is 22.9 Å². The Bertz CT molecular complexity index is 859. The summed E-state index contributed by atoms with van der Waals surface area (Å²) >= 11 is 0. The second-order valence-electron chi connectivity index (χ2n) is 5.54. The van der Waals surface area contributed by atoms with Crippen LogP contribution in [0.25, 0.3) is 11.1 Å². The maximum atomic E-state index is 13.1. The Hall–Kier alpha value is -1.96. The van der Waals surface area contributed by atoms with E-state index in [1.807, 2.05) is 6.92 Å². The van der Waals surface area contributed by atoms with Crippen LogP contribution in [0.2, 0.25) is 0 Å². The van der Waals surface area contributed by atoms with Gasteiger partial charge in [0.15, 0.2) is 10.6 Å². The molecule has 1 unspecified atom stereocenters. The SMILES string of the molecule is CCC1(C)CC(S(=O)(=O)Cc2nc3cc(F)ccc3o2)=NO1. The number of oxazole rings is 1. The second kappa shape index (κ2) is 5.05.